The Morgan fingerprint density at radius 3 is 2.36 bits per heavy atom. The molecule has 6 nitrogen and oxygen atoms in total. The number of likely N-dealkylation sites (tertiary alicyclic amines) is 1. The molecule has 25 heavy (non-hydrogen) atoms. The van der Waals surface area contributed by atoms with Crippen LogP contribution in [0.3, 0.4) is 0 Å². The summed E-state index contributed by atoms with van der Waals surface area (Å²) in [5, 5.41) is 7.39. The number of piperidine rings is 1. The molecule has 1 aliphatic heterocycles. The number of rotatable bonds is 5. The van der Waals surface area contributed by atoms with Gasteiger partial charge in [0.25, 0.3) is 0 Å². The van der Waals surface area contributed by atoms with Gasteiger partial charge in [-0.25, -0.2) is 4.98 Å². The van der Waals surface area contributed by atoms with E-state index in [0.29, 0.717) is 12.5 Å². The SMILES string of the molecule is CC(C)(C)NC(=O)CN1CCC(CNc2nc(C(C)(C)C)ns2)CC1. The molecule has 142 valence electrons. The van der Waals surface area contributed by atoms with Gasteiger partial charge in [-0.1, -0.05) is 20.8 Å². The van der Waals surface area contributed by atoms with E-state index in [-0.39, 0.29) is 16.9 Å². The second-order valence-corrected chi connectivity index (χ2v) is 9.82. The minimum absolute atomic E-state index is 0.00457. The van der Waals surface area contributed by atoms with Crippen molar-refractivity contribution < 1.29 is 4.79 Å². The molecule has 0 saturated carbocycles. The van der Waals surface area contributed by atoms with Gasteiger partial charge in [0.2, 0.25) is 11.0 Å². The van der Waals surface area contributed by atoms with Crippen LogP contribution >= 0.6 is 11.5 Å². The zero-order valence-electron chi connectivity index (χ0n) is 16.5. The predicted octanol–water partition coefficient (Wildman–Crippen LogP) is 2.87. The van der Waals surface area contributed by atoms with E-state index in [2.05, 4.69) is 45.7 Å². The molecule has 1 amide bonds. The summed E-state index contributed by atoms with van der Waals surface area (Å²) in [4.78, 5) is 18.9. The second kappa shape index (κ2) is 7.99. The quantitative estimate of drug-likeness (QED) is 0.837. The van der Waals surface area contributed by atoms with E-state index in [9.17, 15) is 4.79 Å². The zero-order chi connectivity index (χ0) is 18.7. The first kappa shape index (κ1) is 20.1. The summed E-state index contributed by atoms with van der Waals surface area (Å²) >= 11 is 1.44. The van der Waals surface area contributed by atoms with Crippen molar-refractivity contribution >= 4 is 22.6 Å². The molecule has 1 aromatic rings. The van der Waals surface area contributed by atoms with Crippen LogP contribution < -0.4 is 10.6 Å². The van der Waals surface area contributed by atoms with Crippen molar-refractivity contribution in [3.63, 3.8) is 0 Å². The van der Waals surface area contributed by atoms with Crippen molar-refractivity contribution in [1.29, 1.82) is 0 Å². The van der Waals surface area contributed by atoms with Gasteiger partial charge in [-0.2, -0.15) is 4.37 Å². The molecular weight excluding hydrogens is 334 g/mol. The van der Waals surface area contributed by atoms with E-state index < -0.39 is 0 Å². The normalized spacial score (nSPS) is 17.5. The van der Waals surface area contributed by atoms with Gasteiger partial charge in [0, 0.05) is 29.0 Å². The minimum Gasteiger partial charge on any atom is -0.360 e. The fraction of sp³-hybridized carbons (Fsp3) is 0.833. The van der Waals surface area contributed by atoms with Crippen LogP contribution in [0.15, 0.2) is 0 Å². The number of nitrogens with one attached hydrogen (secondary N) is 2. The standard InChI is InChI=1S/C18H33N5OS/c1-17(2,3)15-20-16(25-22-15)19-11-13-7-9-23(10-8-13)12-14(24)21-18(4,5)6/h13H,7-12H2,1-6H3,(H,21,24)(H,19,20,22). The number of carbonyl (C=O) groups excluding carboxylic acids is 1. The average molecular weight is 368 g/mol. The molecule has 2 rings (SSSR count). The van der Waals surface area contributed by atoms with Gasteiger partial charge in [0.05, 0.1) is 6.54 Å². The minimum atomic E-state index is -0.160. The van der Waals surface area contributed by atoms with Gasteiger partial charge >= 0.3 is 0 Å². The molecule has 0 aliphatic carbocycles. The maximum absolute atomic E-state index is 12.0. The third-order valence-electron chi connectivity index (χ3n) is 4.23. The van der Waals surface area contributed by atoms with Crippen LogP contribution in [0, 0.1) is 5.92 Å². The van der Waals surface area contributed by atoms with Crippen LogP contribution in [0.5, 0.6) is 0 Å². The Bertz CT molecular complexity index is 565. The van der Waals surface area contributed by atoms with Gasteiger partial charge < -0.3 is 10.6 Å². The molecule has 1 saturated heterocycles. The van der Waals surface area contributed by atoms with Crippen molar-refractivity contribution in [1.82, 2.24) is 19.6 Å². The first-order valence-electron chi connectivity index (χ1n) is 9.14. The highest BCUT2D eigenvalue weighted by Crippen LogP contribution is 2.24. The topological polar surface area (TPSA) is 70.2 Å². The van der Waals surface area contributed by atoms with E-state index in [1.165, 1.54) is 11.5 Å². The van der Waals surface area contributed by atoms with Crippen LogP contribution in [-0.2, 0) is 10.2 Å². The Morgan fingerprint density at radius 2 is 1.84 bits per heavy atom. The Morgan fingerprint density at radius 1 is 1.20 bits per heavy atom. The molecule has 0 bridgehead atoms. The van der Waals surface area contributed by atoms with Crippen LogP contribution in [-0.4, -0.2) is 51.9 Å². The lowest BCUT2D eigenvalue weighted by Gasteiger charge is -2.32. The molecular formula is C18H33N5OS. The molecule has 0 atom stereocenters. The van der Waals surface area contributed by atoms with Gasteiger partial charge in [-0.05, 0) is 52.6 Å². The first-order valence-corrected chi connectivity index (χ1v) is 9.92. The number of anilines is 1. The highest BCUT2D eigenvalue weighted by Gasteiger charge is 2.23. The van der Waals surface area contributed by atoms with E-state index >= 15 is 0 Å². The Balaban J connectivity index is 1.70. The lowest BCUT2D eigenvalue weighted by Crippen LogP contribution is -2.47. The van der Waals surface area contributed by atoms with Crippen molar-refractivity contribution in [2.24, 2.45) is 5.92 Å². The highest BCUT2D eigenvalue weighted by atomic mass is 32.1. The largest absolute Gasteiger partial charge is 0.360 e. The van der Waals surface area contributed by atoms with E-state index in [0.717, 1.165) is 43.4 Å². The van der Waals surface area contributed by atoms with Gasteiger partial charge in [-0.3, -0.25) is 9.69 Å². The molecule has 2 N–H and O–H groups in total. The maximum atomic E-state index is 12.0. The maximum Gasteiger partial charge on any atom is 0.234 e. The summed E-state index contributed by atoms with van der Waals surface area (Å²) in [6, 6.07) is 0. The number of hydrogen-bond acceptors (Lipinski definition) is 6. The summed E-state index contributed by atoms with van der Waals surface area (Å²) in [6.07, 6.45) is 2.22. The Labute approximate surface area is 156 Å². The predicted molar refractivity (Wildman–Crippen MR) is 104 cm³/mol. The molecule has 0 unspecified atom stereocenters. The van der Waals surface area contributed by atoms with Gasteiger partial charge in [0.15, 0.2) is 0 Å². The van der Waals surface area contributed by atoms with Crippen LogP contribution in [0.2, 0.25) is 0 Å². The first-order chi connectivity index (χ1) is 11.5. The Hall–Kier alpha value is -1.21. The summed E-state index contributed by atoms with van der Waals surface area (Å²) < 4.78 is 4.44. The molecule has 0 spiro atoms. The third-order valence-corrected chi connectivity index (χ3v) is 4.90. The summed E-state index contributed by atoms with van der Waals surface area (Å²) in [7, 11) is 0. The summed E-state index contributed by atoms with van der Waals surface area (Å²) in [5.74, 6) is 1.65. The number of amides is 1. The van der Waals surface area contributed by atoms with E-state index in [1.54, 1.807) is 0 Å². The molecule has 1 aromatic heterocycles. The summed E-state index contributed by atoms with van der Waals surface area (Å²) in [6.45, 7) is 15.8. The molecule has 1 aliphatic rings. The lowest BCUT2D eigenvalue weighted by molar-refractivity contribution is -0.124. The van der Waals surface area contributed by atoms with Crippen LogP contribution in [0.4, 0.5) is 5.13 Å². The van der Waals surface area contributed by atoms with Crippen molar-refractivity contribution in [2.45, 2.75) is 65.3 Å². The van der Waals surface area contributed by atoms with E-state index in [4.69, 9.17) is 0 Å². The van der Waals surface area contributed by atoms with Crippen molar-refractivity contribution in [3.05, 3.63) is 5.82 Å². The number of carbonyl (C=O) groups is 1. The fourth-order valence-corrected chi connectivity index (χ4v) is 3.60. The molecule has 0 radical (unpaired) electrons. The van der Waals surface area contributed by atoms with Crippen molar-refractivity contribution in [3.8, 4) is 0 Å². The van der Waals surface area contributed by atoms with Crippen molar-refractivity contribution in [2.75, 3.05) is 31.5 Å². The number of hydrogen-bond donors (Lipinski definition) is 2. The number of aromatic nitrogens is 2. The second-order valence-electron chi connectivity index (χ2n) is 9.07. The van der Waals surface area contributed by atoms with Crippen LogP contribution in [0.1, 0.15) is 60.2 Å². The zero-order valence-corrected chi connectivity index (χ0v) is 17.3. The average Bonchev–Trinajstić information content (AvgIpc) is 2.93. The molecule has 2 heterocycles. The monoisotopic (exact) mass is 367 g/mol. The lowest BCUT2D eigenvalue weighted by atomic mass is 9.96. The molecule has 0 aromatic carbocycles. The fourth-order valence-electron chi connectivity index (χ4n) is 2.84. The van der Waals surface area contributed by atoms with Gasteiger partial charge in [0.1, 0.15) is 5.82 Å². The molecule has 1 fully saturated rings. The van der Waals surface area contributed by atoms with Gasteiger partial charge in [-0.15, -0.1) is 0 Å². The Kier molecular flexibility index (Phi) is 6.43. The number of nitrogens with zero attached hydrogens (tertiary/aromatic N) is 3. The van der Waals surface area contributed by atoms with E-state index in [1.807, 2.05) is 20.8 Å². The smallest absolute Gasteiger partial charge is 0.234 e. The molecule has 7 heteroatoms. The van der Waals surface area contributed by atoms with Crippen LogP contribution in [0.25, 0.3) is 0 Å². The highest BCUT2D eigenvalue weighted by molar-refractivity contribution is 7.09. The third kappa shape index (κ3) is 6.90. The summed E-state index contributed by atoms with van der Waals surface area (Å²) in [5.41, 5.74) is -0.164.